The molecule has 0 radical (unpaired) electrons. The molecule has 1 aromatic heterocycles. The van der Waals surface area contributed by atoms with Gasteiger partial charge < -0.3 is 5.11 Å². The fourth-order valence-corrected chi connectivity index (χ4v) is 1.35. The monoisotopic (exact) mass is 267 g/mol. The van der Waals surface area contributed by atoms with Gasteiger partial charge in [0.25, 0.3) is 0 Å². The zero-order valence-electron chi connectivity index (χ0n) is 9.01. The van der Waals surface area contributed by atoms with Crippen molar-refractivity contribution in [2.45, 2.75) is 25.6 Å². The second kappa shape index (κ2) is 4.63. The van der Waals surface area contributed by atoms with Crippen molar-refractivity contribution < 1.29 is 28.0 Å². The number of hydrogen-bond acceptors (Lipinski definition) is 4. The van der Waals surface area contributed by atoms with Gasteiger partial charge in [0, 0.05) is 0 Å². The average Bonchev–Trinajstić information content (AvgIpc) is 2.62. The lowest BCUT2D eigenvalue weighted by Gasteiger charge is -2.09. The van der Waals surface area contributed by atoms with Crippen LogP contribution in [0.25, 0.3) is 0 Å². The molecule has 0 aromatic carbocycles. The van der Waals surface area contributed by atoms with Gasteiger partial charge in [0.2, 0.25) is 5.69 Å². The van der Waals surface area contributed by atoms with Crippen molar-refractivity contribution in [3.8, 4) is 0 Å². The van der Waals surface area contributed by atoms with Crippen LogP contribution in [0.3, 0.4) is 0 Å². The first kappa shape index (κ1) is 13.9. The van der Waals surface area contributed by atoms with E-state index in [1.165, 1.54) is 6.92 Å². The topological polar surface area (TPSA) is 98.3 Å². The maximum atomic E-state index is 12.5. The highest BCUT2D eigenvalue weighted by atomic mass is 19.4. The predicted molar refractivity (Wildman–Crippen MR) is 50.8 cm³/mol. The number of hydrogen-bond donors (Lipinski definition) is 1. The molecule has 0 bridgehead atoms. The van der Waals surface area contributed by atoms with Gasteiger partial charge in [-0.15, -0.1) is 0 Å². The van der Waals surface area contributed by atoms with Gasteiger partial charge in [-0.1, -0.05) is 6.92 Å². The van der Waals surface area contributed by atoms with E-state index in [4.69, 9.17) is 5.11 Å². The predicted octanol–water partition coefficient (Wildman–Crippen LogP) is 1.85. The Morgan fingerprint density at radius 1 is 1.67 bits per heavy atom. The SMILES string of the molecule is CC[C@H](C(=O)O)n1cc([N+](=O)[O-])c(C(F)(F)F)n1. The maximum Gasteiger partial charge on any atom is 0.442 e. The van der Waals surface area contributed by atoms with Crippen LogP contribution >= 0.6 is 0 Å². The molecule has 1 heterocycles. The number of nitrogens with zero attached hydrogens (tertiary/aromatic N) is 3. The van der Waals surface area contributed by atoms with Crippen LogP contribution in [-0.2, 0) is 11.0 Å². The summed E-state index contributed by atoms with van der Waals surface area (Å²) in [5, 5.41) is 22.2. The maximum absolute atomic E-state index is 12.5. The van der Waals surface area contributed by atoms with Gasteiger partial charge in [0.15, 0.2) is 0 Å². The Balaban J connectivity index is 3.34. The Hall–Kier alpha value is -2.13. The summed E-state index contributed by atoms with van der Waals surface area (Å²) in [5.74, 6) is -1.41. The van der Waals surface area contributed by atoms with Crippen LogP contribution in [0.5, 0.6) is 0 Å². The number of rotatable bonds is 4. The molecular weight excluding hydrogens is 259 g/mol. The molecule has 1 rings (SSSR count). The lowest BCUT2D eigenvalue weighted by molar-refractivity contribution is -0.388. The Bertz CT molecular complexity index is 482. The normalized spacial score (nSPS) is 13.3. The Kier molecular flexibility index (Phi) is 3.58. The van der Waals surface area contributed by atoms with E-state index >= 15 is 0 Å². The summed E-state index contributed by atoms with van der Waals surface area (Å²) >= 11 is 0. The molecule has 1 atom stereocenters. The first-order valence-corrected chi connectivity index (χ1v) is 4.72. The van der Waals surface area contributed by atoms with Crippen LogP contribution < -0.4 is 0 Å². The third-order valence-electron chi connectivity index (χ3n) is 2.17. The van der Waals surface area contributed by atoms with Crippen LogP contribution in [0.4, 0.5) is 18.9 Å². The summed E-state index contributed by atoms with van der Waals surface area (Å²) in [6, 6.07) is -1.38. The van der Waals surface area contributed by atoms with Gasteiger partial charge in [-0.2, -0.15) is 18.3 Å². The molecular formula is C8H8F3N3O4. The minimum atomic E-state index is -5.01. The van der Waals surface area contributed by atoms with E-state index in [2.05, 4.69) is 5.10 Å². The quantitative estimate of drug-likeness (QED) is 0.663. The van der Waals surface area contributed by atoms with Crippen molar-refractivity contribution >= 4 is 11.7 Å². The highest BCUT2D eigenvalue weighted by Crippen LogP contribution is 2.35. The summed E-state index contributed by atoms with van der Waals surface area (Å²) in [5.41, 5.74) is -2.96. The zero-order valence-corrected chi connectivity index (χ0v) is 9.01. The van der Waals surface area contributed by atoms with E-state index < -0.39 is 34.5 Å². The molecule has 100 valence electrons. The number of carbonyl (C=O) groups is 1. The first-order valence-electron chi connectivity index (χ1n) is 4.72. The minimum Gasteiger partial charge on any atom is -0.480 e. The molecule has 0 saturated carbocycles. The smallest absolute Gasteiger partial charge is 0.442 e. The molecule has 0 aliphatic rings. The molecule has 1 aromatic rings. The number of aromatic nitrogens is 2. The van der Waals surface area contributed by atoms with Crippen molar-refractivity contribution in [2.75, 3.05) is 0 Å². The van der Waals surface area contributed by atoms with Gasteiger partial charge in [-0.05, 0) is 6.42 Å². The highest BCUT2D eigenvalue weighted by molar-refractivity contribution is 5.71. The van der Waals surface area contributed by atoms with Crippen molar-refractivity contribution in [1.82, 2.24) is 9.78 Å². The van der Waals surface area contributed by atoms with E-state index in [-0.39, 0.29) is 6.42 Å². The van der Waals surface area contributed by atoms with Crippen molar-refractivity contribution in [3.05, 3.63) is 22.0 Å². The minimum absolute atomic E-state index is 0.0501. The van der Waals surface area contributed by atoms with Crippen LogP contribution in [0, 0.1) is 10.1 Å². The molecule has 0 aliphatic carbocycles. The van der Waals surface area contributed by atoms with Crippen molar-refractivity contribution in [2.24, 2.45) is 0 Å². The van der Waals surface area contributed by atoms with Crippen molar-refractivity contribution in [1.29, 1.82) is 0 Å². The molecule has 18 heavy (non-hydrogen) atoms. The average molecular weight is 267 g/mol. The van der Waals surface area contributed by atoms with Crippen LogP contribution in [0.15, 0.2) is 6.20 Å². The second-order valence-electron chi connectivity index (χ2n) is 3.36. The summed E-state index contributed by atoms with van der Waals surface area (Å²) in [7, 11) is 0. The van der Waals surface area contributed by atoms with Gasteiger partial charge >= 0.3 is 17.8 Å². The molecule has 10 heteroatoms. The van der Waals surface area contributed by atoms with E-state index in [1.807, 2.05) is 0 Å². The molecule has 0 aliphatic heterocycles. The lowest BCUT2D eigenvalue weighted by atomic mass is 10.2. The van der Waals surface area contributed by atoms with Gasteiger partial charge in [0.05, 0.1) is 4.92 Å². The third kappa shape index (κ3) is 2.57. The summed E-state index contributed by atoms with van der Waals surface area (Å²) in [4.78, 5) is 20.0. The molecule has 0 spiro atoms. The lowest BCUT2D eigenvalue weighted by Crippen LogP contribution is -2.19. The third-order valence-corrected chi connectivity index (χ3v) is 2.17. The van der Waals surface area contributed by atoms with E-state index in [0.717, 1.165) is 0 Å². The first-order chi connectivity index (χ1) is 8.18. The zero-order chi connectivity index (χ0) is 14.1. The summed E-state index contributed by atoms with van der Waals surface area (Å²) in [6.45, 7) is 1.42. The van der Waals surface area contributed by atoms with Gasteiger partial charge in [-0.25, -0.2) is 4.79 Å². The molecule has 7 nitrogen and oxygen atoms in total. The molecule has 0 amide bonds. The van der Waals surface area contributed by atoms with Crippen LogP contribution in [0.1, 0.15) is 25.1 Å². The van der Waals surface area contributed by atoms with Gasteiger partial charge in [-0.3, -0.25) is 14.8 Å². The molecule has 0 saturated heterocycles. The van der Waals surface area contributed by atoms with Crippen LogP contribution in [0.2, 0.25) is 0 Å². The van der Waals surface area contributed by atoms with Crippen LogP contribution in [-0.4, -0.2) is 25.8 Å². The Morgan fingerprint density at radius 3 is 2.50 bits per heavy atom. The number of halogens is 3. The Morgan fingerprint density at radius 2 is 2.22 bits per heavy atom. The number of nitro groups is 1. The number of carboxylic acid groups (broad SMARTS) is 1. The number of alkyl halides is 3. The largest absolute Gasteiger partial charge is 0.480 e. The van der Waals surface area contributed by atoms with E-state index in [9.17, 15) is 28.1 Å². The fourth-order valence-electron chi connectivity index (χ4n) is 1.35. The Labute approximate surface area is 98.0 Å². The van der Waals surface area contributed by atoms with E-state index in [1.54, 1.807) is 0 Å². The van der Waals surface area contributed by atoms with E-state index in [0.29, 0.717) is 10.9 Å². The molecule has 0 fully saturated rings. The molecule has 0 unspecified atom stereocenters. The molecule has 1 N–H and O–H groups in total. The van der Waals surface area contributed by atoms with Crippen molar-refractivity contribution in [3.63, 3.8) is 0 Å². The standard InChI is InChI=1S/C8H8F3N3O4/c1-2-4(7(15)16)13-3-5(14(17)18)6(12-13)8(9,10)11/h3-4H,2H2,1H3,(H,15,16)/t4-/m1/s1. The number of aliphatic carboxylic acids is 1. The van der Waals surface area contributed by atoms with Gasteiger partial charge in [0.1, 0.15) is 12.2 Å². The fraction of sp³-hybridized carbons (Fsp3) is 0.500. The summed E-state index contributed by atoms with van der Waals surface area (Å²) < 4.78 is 37.8. The second-order valence-corrected chi connectivity index (χ2v) is 3.36. The summed E-state index contributed by atoms with van der Waals surface area (Å²) in [6.07, 6.45) is -4.58. The number of carboxylic acids is 1. The highest BCUT2D eigenvalue weighted by Gasteiger charge is 2.43.